The zero-order valence-corrected chi connectivity index (χ0v) is 19.8. The van der Waals surface area contributed by atoms with Crippen molar-refractivity contribution in [2.75, 3.05) is 44.4 Å². The average Bonchev–Trinajstić information content (AvgIpc) is 3.55. The summed E-state index contributed by atoms with van der Waals surface area (Å²) in [5.74, 6) is 1.63. The number of carbonyl (C=O) groups is 1. The first kappa shape index (κ1) is 21.6. The predicted octanol–water partition coefficient (Wildman–Crippen LogP) is 2.73. The molecule has 33 heavy (non-hydrogen) atoms. The Balaban J connectivity index is 1.22. The van der Waals surface area contributed by atoms with E-state index in [9.17, 15) is 10.1 Å². The Hall–Kier alpha value is -3.23. The Bertz CT molecular complexity index is 1200. The molecular formula is C22H27N9OS. The molecule has 3 aromatic rings. The van der Waals surface area contributed by atoms with Gasteiger partial charge in [0.1, 0.15) is 11.7 Å². The fourth-order valence-corrected chi connectivity index (χ4v) is 5.78. The largest absolute Gasteiger partial charge is 0.370 e. The second-order valence-electron chi connectivity index (χ2n) is 9.22. The van der Waals surface area contributed by atoms with Gasteiger partial charge in [0.05, 0.1) is 17.8 Å². The van der Waals surface area contributed by atoms with Gasteiger partial charge in [-0.2, -0.15) is 9.64 Å². The third-order valence-corrected chi connectivity index (χ3v) is 7.40. The summed E-state index contributed by atoms with van der Waals surface area (Å²) in [6, 6.07) is 4.51. The second kappa shape index (κ2) is 8.61. The number of rotatable bonds is 5. The maximum Gasteiger partial charge on any atom is 0.323 e. The van der Waals surface area contributed by atoms with Crippen molar-refractivity contribution in [3.8, 4) is 6.07 Å². The van der Waals surface area contributed by atoms with E-state index < -0.39 is 0 Å². The Morgan fingerprint density at radius 3 is 2.79 bits per heavy atom. The highest BCUT2D eigenvalue weighted by Gasteiger charge is 2.44. The van der Waals surface area contributed by atoms with Crippen molar-refractivity contribution in [1.29, 1.82) is 5.26 Å². The lowest BCUT2D eigenvalue weighted by molar-refractivity contribution is 0.218. The highest BCUT2D eigenvalue weighted by molar-refractivity contribution is 7.09. The maximum atomic E-state index is 12.8. The molecule has 2 fully saturated rings. The zero-order valence-electron chi connectivity index (χ0n) is 18.9. The minimum atomic E-state index is -0.100. The summed E-state index contributed by atoms with van der Waals surface area (Å²) >= 11 is 1.22. The van der Waals surface area contributed by atoms with Crippen LogP contribution >= 0.6 is 11.5 Å². The van der Waals surface area contributed by atoms with Crippen LogP contribution in [-0.4, -0.2) is 75.4 Å². The molecule has 1 aliphatic carbocycles. The fourth-order valence-electron chi connectivity index (χ4n) is 5.21. The van der Waals surface area contributed by atoms with Crippen LogP contribution in [-0.2, 0) is 6.54 Å². The van der Waals surface area contributed by atoms with Crippen molar-refractivity contribution >= 4 is 39.4 Å². The van der Waals surface area contributed by atoms with Gasteiger partial charge in [-0.1, -0.05) is 0 Å². The van der Waals surface area contributed by atoms with Crippen LogP contribution < -0.4 is 10.2 Å². The number of nitriles is 1. The molecule has 1 saturated heterocycles. The van der Waals surface area contributed by atoms with Gasteiger partial charge in [-0.05, 0) is 44.8 Å². The minimum absolute atomic E-state index is 0.100. The molecule has 1 saturated carbocycles. The Labute approximate surface area is 196 Å². The van der Waals surface area contributed by atoms with Gasteiger partial charge >= 0.3 is 6.03 Å². The van der Waals surface area contributed by atoms with Crippen LogP contribution in [0.5, 0.6) is 0 Å². The molecule has 2 N–H and O–H groups in total. The monoisotopic (exact) mass is 465 g/mol. The summed E-state index contributed by atoms with van der Waals surface area (Å²) in [4.78, 5) is 30.8. The van der Waals surface area contributed by atoms with Crippen LogP contribution in [0.15, 0.2) is 18.5 Å². The van der Waals surface area contributed by atoms with Gasteiger partial charge in [-0.15, -0.1) is 0 Å². The molecule has 2 unspecified atom stereocenters. The van der Waals surface area contributed by atoms with Gasteiger partial charge in [0.15, 0.2) is 5.82 Å². The summed E-state index contributed by atoms with van der Waals surface area (Å²) < 4.78 is 4.30. The number of likely N-dealkylation sites (tertiary alicyclic amines) is 1. The minimum Gasteiger partial charge on any atom is -0.370 e. The van der Waals surface area contributed by atoms with E-state index in [1.165, 1.54) is 11.5 Å². The predicted molar refractivity (Wildman–Crippen MR) is 127 cm³/mol. The fraction of sp³-hybridized carbons (Fsp3) is 0.500. The molecule has 2 amide bonds. The Morgan fingerprint density at radius 2 is 2.09 bits per heavy atom. The third-order valence-electron chi connectivity index (χ3n) is 6.73. The molecule has 2 aliphatic rings. The highest BCUT2D eigenvalue weighted by Crippen LogP contribution is 2.42. The zero-order chi connectivity index (χ0) is 23.1. The first-order valence-corrected chi connectivity index (χ1v) is 11.8. The molecule has 0 radical (unpaired) electrons. The SMILES string of the molecule is CN(C)Cc1nsc(NC(=O)N2CC3CC(N(C)c4c(C#N)cnc5[nH]ccc45)C[C@@H]3C2)n1. The molecule has 1 aliphatic heterocycles. The number of H-pyrrole nitrogens is 1. The number of aromatic nitrogens is 4. The summed E-state index contributed by atoms with van der Waals surface area (Å²) in [6.45, 7) is 2.13. The molecular weight excluding hydrogens is 438 g/mol. The molecule has 4 heterocycles. The van der Waals surface area contributed by atoms with E-state index in [-0.39, 0.29) is 6.03 Å². The van der Waals surface area contributed by atoms with E-state index in [2.05, 4.69) is 42.7 Å². The molecule has 0 aromatic carbocycles. The van der Waals surface area contributed by atoms with E-state index in [1.54, 1.807) is 6.20 Å². The molecule has 0 spiro atoms. The number of aromatic amines is 1. The van der Waals surface area contributed by atoms with E-state index in [4.69, 9.17) is 0 Å². The van der Waals surface area contributed by atoms with Crippen molar-refractivity contribution in [3.63, 3.8) is 0 Å². The highest BCUT2D eigenvalue weighted by atomic mass is 32.1. The lowest BCUT2D eigenvalue weighted by atomic mass is 10.0. The number of urea groups is 1. The van der Waals surface area contributed by atoms with E-state index in [1.807, 2.05) is 36.2 Å². The number of amides is 2. The molecule has 3 aromatic heterocycles. The van der Waals surface area contributed by atoms with Crippen LogP contribution in [0.4, 0.5) is 15.6 Å². The van der Waals surface area contributed by atoms with Crippen LogP contribution in [0.2, 0.25) is 0 Å². The topological polar surface area (TPSA) is 117 Å². The smallest absolute Gasteiger partial charge is 0.323 e. The van der Waals surface area contributed by atoms with E-state index in [0.717, 1.165) is 42.7 Å². The third kappa shape index (κ3) is 4.12. The van der Waals surface area contributed by atoms with Gasteiger partial charge < -0.3 is 19.7 Å². The number of pyridine rings is 1. The molecule has 10 nitrogen and oxygen atoms in total. The summed E-state index contributed by atoms with van der Waals surface area (Å²) in [6.07, 6.45) is 5.49. The summed E-state index contributed by atoms with van der Waals surface area (Å²) in [5.41, 5.74) is 2.32. The number of fused-ring (bicyclic) bond motifs is 2. The Kier molecular flexibility index (Phi) is 5.64. The number of hydrogen-bond donors (Lipinski definition) is 2. The number of hydrogen-bond acceptors (Lipinski definition) is 8. The standard InChI is InChI=1S/C22H27N9OS/c1-29(2)12-18-26-21(33-28-18)27-22(32)31-10-13-6-16(7-14(13)11-31)30(3)19-15(8-23)9-25-20-17(19)4-5-24-20/h4-5,9,13-14,16H,6-7,10-12H2,1-3H3,(H,24,25)(H,26,27,28,32)/t13-,14?,16?/m1/s1. The van der Waals surface area contributed by atoms with Crippen LogP contribution in [0.3, 0.4) is 0 Å². The normalized spacial score (nSPS) is 22.0. The molecule has 3 atom stereocenters. The number of carbonyl (C=O) groups excluding carboxylic acids is 1. The first-order chi connectivity index (χ1) is 15.9. The lowest BCUT2D eigenvalue weighted by Crippen LogP contribution is -2.36. The second-order valence-corrected chi connectivity index (χ2v) is 9.97. The van der Waals surface area contributed by atoms with Crippen LogP contribution in [0, 0.1) is 23.2 Å². The van der Waals surface area contributed by atoms with Gasteiger partial charge in [-0.25, -0.2) is 14.8 Å². The molecule has 11 heteroatoms. The van der Waals surface area contributed by atoms with Crippen LogP contribution in [0.25, 0.3) is 11.0 Å². The quantitative estimate of drug-likeness (QED) is 0.595. The summed E-state index contributed by atoms with van der Waals surface area (Å²) in [5, 5.41) is 14.1. The lowest BCUT2D eigenvalue weighted by Gasteiger charge is -2.29. The van der Waals surface area contributed by atoms with Crippen molar-refractivity contribution in [2.45, 2.75) is 25.4 Å². The van der Waals surface area contributed by atoms with Gasteiger partial charge in [0, 0.05) is 55.5 Å². The average molecular weight is 466 g/mol. The first-order valence-electron chi connectivity index (χ1n) is 11.0. The van der Waals surface area contributed by atoms with Crippen molar-refractivity contribution < 1.29 is 4.79 Å². The molecule has 172 valence electrons. The van der Waals surface area contributed by atoms with Gasteiger partial charge in [-0.3, -0.25) is 5.32 Å². The Morgan fingerprint density at radius 1 is 1.33 bits per heavy atom. The number of nitrogens with zero attached hydrogens (tertiary/aromatic N) is 7. The number of anilines is 2. The van der Waals surface area contributed by atoms with Crippen molar-refractivity contribution in [2.24, 2.45) is 11.8 Å². The molecule has 0 bridgehead atoms. The summed E-state index contributed by atoms with van der Waals surface area (Å²) in [7, 11) is 5.99. The van der Waals surface area contributed by atoms with Crippen molar-refractivity contribution in [3.05, 3.63) is 29.8 Å². The van der Waals surface area contributed by atoms with Gasteiger partial charge in [0.25, 0.3) is 0 Å². The van der Waals surface area contributed by atoms with Gasteiger partial charge in [0.2, 0.25) is 5.13 Å². The number of nitrogens with one attached hydrogen (secondary N) is 2. The van der Waals surface area contributed by atoms with E-state index >= 15 is 0 Å². The van der Waals surface area contributed by atoms with E-state index in [0.29, 0.717) is 40.9 Å². The van der Waals surface area contributed by atoms with Crippen molar-refractivity contribution in [1.82, 2.24) is 29.1 Å². The van der Waals surface area contributed by atoms with Crippen LogP contribution in [0.1, 0.15) is 24.2 Å². The maximum absolute atomic E-state index is 12.8. The molecule has 5 rings (SSSR count).